The van der Waals surface area contributed by atoms with Crippen LogP contribution in [0.2, 0.25) is 0 Å². The fourth-order valence-electron chi connectivity index (χ4n) is 4.65. The molecule has 1 fully saturated rings. The first-order chi connectivity index (χ1) is 19.6. The highest BCUT2D eigenvalue weighted by Crippen LogP contribution is 2.33. The SMILES string of the molecule is CO[C@H]1C[C@H](NC(=O)c2ccc(CN(Cc3ccnn3C(C)C)c3noc(-c4cc(F)c(F)c(O)c4F)n3)cc2)C1. The van der Waals surface area contributed by atoms with Crippen molar-refractivity contribution in [2.45, 2.75) is 58.0 Å². The summed E-state index contributed by atoms with van der Waals surface area (Å²) in [5.41, 5.74) is 1.57. The van der Waals surface area contributed by atoms with Crippen LogP contribution in [0, 0.1) is 17.5 Å². The number of benzene rings is 2. The smallest absolute Gasteiger partial charge is 0.267 e. The van der Waals surface area contributed by atoms with E-state index in [2.05, 4.69) is 20.6 Å². The number of aromatic nitrogens is 4. The predicted molar refractivity (Wildman–Crippen MR) is 141 cm³/mol. The first kappa shape index (κ1) is 28.1. The Morgan fingerprint density at radius 1 is 1.17 bits per heavy atom. The highest BCUT2D eigenvalue weighted by atomic mass is 19.2. The topological polar surface area (TPSA) is 119 Å². The molecule has 1 amide bonds. The maximum Gasteiger partial charge on any atom is 0.267 e. The van der Waals surface area contributed by atoms with Crippen LogP contribution in [0.1, 0.15) is 54.3 Å². The van der Waals surface area contributed by atoms with Gasteiger partial charge in [-0.3, -0.25) is 9.48 Å². The van der Waals surface area contributed by atoms with E-state index in [0.29, 0.717) is 11.6 Å². The van der Waals surface area contributed by atoms with E-state index < -0.39 is 34.7 Å². The van der Waals surface area contributed by atoms with Gasteiger partial charge in [0.1, 0.15) is 0 Å². The Labute approximate surface area is 233 Å². The van der Waals surface area contributed by atoms with Gasteiger partial charge < -0.3 is 24.6 Å². The second kappa shape index (κ2) is 11.6. The number of rotatable bonds is 10. The van der Waals surface area contributed by atoms with Gasteiger partial charge in [-0.15, -0.1) is 0 Å². The third-order valence-electron chi connectivity index (χ3n) is 7.01. The molecule has 4 aromatic rings. The Hall–Kier alpha value is -4.39. The molecule has 0 atom stereocenters. The Balaban J connectivity index is 1.39. The lowest BCUT2D eigenvalue weighted by Crippen LogP contribution is -2.47. The summed E-state index contributed by atoms with van der Waals surface area (Å²) in [6.45, 7) is 4.49. The average molecular weight is 571 g/mol. The van der Waals surface area contributed by atoms with Crippen LogP contribution in [0.15, 0.2) is 47.1 Å². The van der Waals surface area contributed by atoms with Gasteiger partial charge >= 0.3 is 0 Å². The number of hydrogen-bond donors (Lipinski definition) is 2. The van der Waals surface area contributed by atoms with E-state index in [4.69, 9.17) is 9.26 Å². The number of nitrogens with zero attached hydrogens (tertiary/aromatic N) is 5. The van der Waals surface area contributed by atoms with E-state index in [-0.39, 0.29) is 43.1 Å². The Morgan fingerprint density at radius 2 is 1.90 bits per heavy atom. The number of phenolic OH excluding ortho intramolecular Hbond substituents is 1. The van der Waals surface area contributed by atoms with Crippen molar-refractivity contribution >= 4 is 11.9 Å². The fourth-order valence-corrected chi connectivity index (χ4v) is 4.65. The monoisotopic (exact) mass is 570 g/mol. The van der Waals surface area contributed by atoms with Crippen molar-refractivity contribution in [3.63, 3.8) is 0 Å². The summed E-state index contributed by atoms with van der Waals surface area (Å²) in [6.07, 6.45) is 3.40. The van der Waals surface area contributed by atoms with E-state index in [1.807, 2.05) is 24.6 Å². The Morgan fingerprint density at radius 3 is 2.59 bits per heavy atom. The van der Waals surface area contributed by atoms with Crippen LogP contribution < -0.4 is 10.2 Å². The summed E-state index contributed by atoms with van der Waals surface area (Å²) in [6, 6.07) is 9.56. The summed E-state index contributed by atoms with van der Waals surface area (Å²) in [5.74, 6) is -6.63. The van der Waals surface area contributed by atoms with E-state index >= 15 is 0 Å². The van der Waals surface area contributed by atoms with E-state index in [1.165, 1.54) is 0 Å². The Kier molecular flexibility index (Phi) is 7.97. The number of amides is 1. The standard InChI is InChI=1S/C28H29F3N6O4/c1-15(2)37-19(8-9-32-37)14-36(28-34-27(41-35-28)21-12-22(29)24(31)25(38)23(21)30)13-16-4-6-17(7-5-16)26(39)33-18-10-20(11-18)40-3/h4-9,12,15,18,20,38H,10-11,13-14H2,1-3H3,(H,33,39)/t18-,20-. The van der Waals surface area contributed by atoms with E-state index in [1.54, 1.807) is 42.5 Å². The molecule has 10 nitrogen and oxygen atoms in total. The number of halogens is 3. The Bertz CT molecular complexity index is 1530. The molecule has 2 heterocycles. The third-order valence-corrected chi connectivity index (χ3v) is 7.01. The van der Waals surface area contributed by atoms with E-state index in [0.717, 1.165) is 24.1 Å². The first-order valence-electron chi connectivity index (χ1n) is 13.0. The van der Waals surface area contributed by atoms with Crippen molar-refractivity contribution in [3.05, 3.63) is 76.9 Å². The molecule has 0 radical (unpaired) electrons. The number of methoxy groups -OCH3 is 1. The molecule has 0 aliphatic heterocycles. The number of aromatic hydroxyl groups is 1. The van der Waals surface area contributed by atoms with Gasteiger partial charge in [0.25, 0.3) is 17.7 Å². The molecule has 216 valence electrons. The van der Waals surface area contributed by atoms with Crippen LogP contribution in [-0.4, -0.2) is 50.2 Å². The molecule has 2 aromatic heterocycles. The van der Waals surface area contributed by atoms with Gasteiger partial charge in [0, 0.05) is 37.5 Å². The molecule has 1 saturated carbocycles. The summed E-state index contributed by atoms with van der Waals surface area (Å²) in [7, 11) is 1.66. The minimum absolute atomic E-state index is 0.0413. The molecule has 1 aliphatic rings. The van der Waals surface area contributed by atoms with Crippen LogP contribution in [0.3, 0.4) is 0 Å². The highest BCUT2D eigenvalue weighted by molar-refractivity contribution is 5.94. The zero-order valence-corrected chi connectivity index (χ0v) is 22.6. The quantitative estimate of drug-likeness (QED) is 0.262. The van der Waals surface area contributed by atoms with Crippen molar-refractivity contribution in [1.29, 1.82) is 0 Å². The lowest BCUT2D eigenvalue weighted by Gasteiger charge is -2.34. The van der Waals surface area contributed by atoms with Crippen LogP contribution in [0.25, 0.3) is 11.5 Å². The number of carbonyl (C=O) groups excluding carboxylic acids is 1. The molecular formula is C28H29F3N6O4. The zero-order chi connectivity index (χ0) is 29.3. The second-order valence-corrected chi connectivity index (χ2v) is 10.2. The first-order valence-corrected chi connectivity index (χ1v) is 13.0. The highest BCUT2D eigenvalue weighted by Gasteiger charge is 2.30. The third kappa shape index (κ3) is 5.89. The summed E-state index contributed by atoms with van der Waals surface area (Å²) in [5, 5.41) is 20.9. The summed E-state index contributed by atoms with van der Waals surface area (Å²) >= 11 is 0. The molecule has 1 aliphatic carbocycles. The maximum absolute atomic E-state index is 14.5. The molecule has 13 heteroatoms. The number of hydrogen-bond acceptors (Lipinski definition) is 8. The average Bonchev–Trinajstić information content (AvgIpc) is 3.61. The van der Waals surface area contributed by atoms with Gasteiger partial charge in [-0.1, -0.05) is 12.1 Å². The number of phenols is 1. The largest absolute Gasteiger partial charge is 0.503 e. The molecule has 0 unspecified atom stereocenters. The predicted octanol–water partition coefficient (Wildman–Crippen LogP) is 4.75. The van der Waals surface area contributed by atoms with Gasteiger partial charge in [-0.05, 0) is 61.7 Å². The molecule has 2 aromatic carbocycles. The molecule has 0 saturated heterocycles. The van der Waals surface area contributed by atoms with Crippen molar-refractivity contribution in [2.75, 3.05) is 12.0 Å². The number of anilines is 1. The van der Waals surface area contributed by atoms with Gasteiger partial charge in [-0.25, -0.2) is 8.78 Å². The van der Waals surface area contributed by atoms with Crippen LogP contribution in [-0.2, 0) is 17.8 Å². The fraction of sp³-hybridized carbons (Fsp3) is 0.357. The molecule has 41 heavy (non-hydrogen) atoms. The number of carbonyl (C=O) groups is 1. The minimum Gasteiger partial charge on any atom is -0.503 e. The maximum atomic E-state index is 14.5. The normalized spacial score (nSPS) is 16.6. The van der Waals surface area contributed by atoms with Crippen LogP contribution >= 0.6 is 0 Å². The molecular weight excluding hydrogens is 541 g/mol. The molecule has 0 spiro atoms. The number of nitrogens with one attached hydrogen (secondary N) is 1. The van der Waals surface area contributed by atoms with Crippen LogP contribution in [0.4, 0.5) is 19.1 Å². The van der Waals surface area contributed by atoms with Crippen molar-refractivity contribution in [1.82, 2.24) is 25.2 Å². The van der Waals surface area contributed by atoms with Gasteiger partial charge in [-0.2, -0.15) is 14.5 Å². The van der Waals surface area contributed by atoms with Crippen LogP contribution in [0.5, 0.6) is 5.75 Å². The lowest BCUT2D eigenvalue weighted by atomic mass is 9.89. The lowest BCUT2D eigenvalue weighted by molar-refractivity contribution is 0.0176. The molecule has 5 rings (SSSR count). The minimum atomic E-state index is -1.71. The van der Waals surface area contributed by atoms with Crippen molar-refractivity contribution in [2.24, 2.45) is 0 Å². The van der Waals surface area contributed by atoms with Crippen molar-refractivity contribution in [3.8, 4) is 17.2 Å². The molecule has 0 bridgehead atoms. The molecule has 2 N–H and O–H groups in total. The second-order valence-electron chi connectivity index (χ2n) is 10.2. The summed E-state index contributed by atoms with van der Waals surface area (Å²) in [4.78, 5) is 18.6. The van der Waals surface area contributed by atoms with E-state index in [9.17, 15) is 23.1 Å². The van der Waals surface area contributed by atoms with Crippen molar-refractivity contribution < 1.29 is 32.3 Å². The van der Waals surface area contributed by atoms with Gasteiger partial charge in [0.05, 0.1) is 23.9 Å². The zero-order valence-electron chi connectivity index (χ0n) is 22.6. The van der Waals surface area contributed by atoms with Gasteiger partial charge in [0.2, 0.25) is 5.82 Å². The number of ether oxygens (including phenoxy) is 1. The summed E-state index contributed by atoms with van der Waals surface area (Å²) < 4.78 is 54.3. The van der Waals surface area contributed by atoms with Gasteiger partial charge in [0.15, 0.2) is 17.4 Å².